The quantitative estimate of drug-likeness (QED) is 0.847. The number of allylic oxidation sites excluding steroid dienone is 2. The van der Waals surface area contributed by atoms with Crippen molar-refractivity contribution in [2.24, 2.45) is 0 Å². The molecule has 0 spiro atoms. The van der Waals surface area contributed by atoms with Crippen LogP contribution in [-0.2, 0) is 6.54 Å². The van der Waals surface area contributed by atoms with Crippen molar-refractivity contribution < 1.29 is 0 Å². The van der Waals surface area contributed by atoms with Crippen molar-refractivity contribution in [3.05, 3.63) is 53.8 Å². The summed E-state index contributed by atoms with van der Waals surface area (Å²) >= 11 is 0. The highest BCUT2D eigenvalue weighted by Crippen LogP contribution is 2.14. The van der Waals surface area contributed by atoms with Gasteiger partial charge in [-0.3, -0.25) is 0 Å². The highest BCUT2D eigenvalue weighted by Gasteiger charge is 2.06. The van der Waals surface area contributed by atoms with Crippen LogP contribution in [0.1, 0.15) is 5.56 Å². The zero-order valence-electron chi connectivity index (χ0n) is 10.9. The Labute approximate surface area is 121 Å². The minimum atomic E-state index is -0.246. The average Bonchev–Trinajstić information content (AvgIpc) is 3.02. The molecule has 1 aromatic carbocycles. The summed E-state index contributed by atoms with van der Waals surface area (Å²) in [4.78, 5) is 3.86. The molecule has 0 saturated carbocycles. The van der Waals surface area contributed by atoms with Crippen molar-refractivity contribution in [3.8, 4) is 18.2 Å². The molecule has 2 aromatic rings. The van der Waals surface area contributed by atoms with Gasteiger partial charge in [0.2, 0.25) is 0 Å². The van der Waals surface area contributed by atoms with Crippen LogP contribution in [0.2, 0.25) is 0 Å². The molecule has 0 fully saturated rings. The summed E-state index contributed by atoms with van der Waals surface area (Å²) in [6.07, 6.45) is 3.08. The van der Waals surface area contributed by atoms with Gasteiger partial charge in [0.1, 0.15) is 36.6 Å². The first kappa shape index (κ1) is 13.8. The summed E-state index contributed by atoms with van der Waals surface area (Å²) in [5.74, 6) is 0. The van der Waals surface area contributed by atoms with Gasteiger partial charge in [-0.25, -0.2) is 9.67 Å². The Morgan fingerprint density at radius 3 is 2.33 bits per heavy atom. The summed E-state index contributed by atoms with van der Waals surface area (Å²) in [5, 5.41) is 33.2. The van der Waals surface area contributed by atoms with Crippen LogP contribution in [-0.4, -0.2) is 14.8 Å². The van der Waals surface area contributed by atoms with Crippen LogP contribution in [0.15, 0.2) is 48.2 Å². The number of benzene rings is 1. The number of nitriles is 3. The molecule has 1 aromatic heterocycles. The lowest BCUT2D eigenvalue weighted by molar-refractivity contribution is 0.685. The molecule has 0 aliphatic carbocycles. The maximum Gasteiger partial charge on any atom is 0.163 e. The second-order valence-corrected chi connectivity index (χ2v) is 4.00. The van der Waals surface area contributed by atoms with E-state index in [4.69, 9.17) is 15.8 Å². The van der Waals surface area contributed by atoms with E-state index in [1.807, 2.05) is 12.1 Å². The fourth-order valence-electron chi connectivity index (χ4n) is 1.62. The zero-order valence-corrected chi connectivity index (χ0v) is 10.9. The average molecular weight is 275 g/mol. The van der Waals surface area contributed by atoms with Crippen LogP contribution >= 0.6 is 0 Å². The molecule has 0 atom stereocenters. The number of anilines is 1. The maximum absolute atomic E-state index is 8.95. The summed E-state index contributed by atoms with van der Waals surface area (Å²) < 4.78 is 1.69. The number of hydrogen-bond acceptors (Lipinski definition) is 6. The van der Waals surface area contributed by atoms with E-state index < -0.39 is 0 Å². The van der Waals surface area contributed by atoms with E-state index in [1.54, 1.807) is 41.3 Å². The van der Waals surface area contributed by atoms with Crippen LogP contribution in [0, 0.1) is 34.0 Å². The molecule has 0 unspecified atom stereocenters. The van der Waals surface area contributed by atoms with Crippen molar-refractivity contribution in [1.82, 2.24) is 14.8 Å². The van der Waals surface area contributed by atoms with Gasteiger partial charge in [0.15, 0.2) is 5.57 Å². The Hall–Kier alpha value is -3.63. The van der Waals surface area contributed by atoms with Crippen molar-refractivity contribution in [2.45, 2.75) is 6.54 Å². The Morgan fingerprint density at radius 1 is 1.10 bits per heavy atom. The standard InChI is InChI=1S/C14H9N7/c15-5-12(6-16)14(7-17)20-13-3-1-11(2-4-13)8-21-10-18-9-19-21/h1-4,9-10,20H,8H2. The summed E-state index contributed by atoms with van der Waals surface area (Å²) in [6, 6.07) is 12.4. The van der Waals surface area contributed by atoms with Crippen molar-refractivity contribution in [1.29, 1.82) is 15.8 Å². The normalized spacial score (nSPS) is 9.00. The molecule has 1 heterocycles. The molecule has 0 aliphatic rings. The van der Waals surface area contributed by atoms with Gasteiger partial charge in [-0.15, -0.1) is 0 Å². The molecule has 0 radical (unpaired) electrons. The topological polar surface area (TPSA) is 114 Å². The lowest BCUT2D eigenvalue weighted by Crippen LogP contribution is -2.02. The third kappa shape index (κ3) is 3.44. The molecule has 21 heavy (non-hydrogen) atoms. The fraction of sp³-hybridized carbons (Fsp3) is 0.0714. The Kier molecular flexibility index (Phi) is 4.28. The third-order valence-electron chi connectivity index (χ3n) is 2.62. The predicted molar refractivity (Wildman–Crippen MR) is 73.1 cm³/mol. The molecular weight excluding hydrogens is 266 g/mol. The number of nitrogens with one attached hydrogen (secondary N) is 1. The second-order valence-electron chi connectivity index (χ2n) is 4.00. The molecule has 0 saturated heterocycles. The van der Waals surface area contributed by atoms with Crippen LogP contribution in [0.4, 0.5) is 5.69 Å². The molecule has 100 valence electrons. The zero-order chi connectivity index (χ0) is 15.1. The third-order valence-corrected chi connectivity index (χ3v) is 2.62. The fourth-order valence-corrected chi connectivity index (χ4v) is 1.62. The van der Waals surface area contributed by atoms with Gasteiger partial charge in [-0.05, 0) is 17.7 Å². The Morgan fingerprint density at radius 2 is 1.81 bits per heavy atom. The van der Waals surface area contributed by atoms with E-state index in [9.17, 15) is 0 Å². The molecule has 7 nitrogen and oxygen atoms in total. The molecule has 7 heteroatoms. The van der Waals surface area contributed by atoms with Crippen LogP contribution in [0.3, 0.4) is 0 Å². The van der Waals surface area contributed by atoms with Gasteiger partial charge in [0.05, 0.1) is 6.54 Å². The van der Waals surface area contributed by atoms with Crippen LogP contribution in [0.5, 0.6) is 0 Å². The maximum atomic E-state index is 8.95. The van der Waals surface area contributed by atoms with E-state index in [0.29, 0.717) is 12.2 Å². The van der Waals surface area contributed by atoms with Crippen molar-refractivity contribution >= 4 is 5.69 Å². The number of aromatic nitrogens is 3. The summed E-state index contributed by atoms with van der Waals surface area (Å²) in [7, 11) is 0. The first-order chi connectivity index (χ1) is 10.3. The van der Waals surface area contributed by atoms with E-state index >= 15 is 0 Å². The van der Waals surface area contributed by atoms with Gasteiger partial charge < -0.3 is 5.32 Å². The molecule has 0 amide bonds. The van der Waals surface area contributed by atoms with Gasteiger partial charge in [0, 0.05) is 5.69 Å². The van der Waals surface area contributed by atoms with Gasteiger partial charge >= 0.3 is 0 Å². The van der Waals surface area contributed by atoms with Crippen molar-refractivity contribution in [3.63, 3.8) is 0 Å². The van der Waals surface area contributed by atoms with Crippen LogP contribution in [0.25, 0.3) is 0 Å². The largest absolute Gasteiger partial charge is 0.345 e. The predicted octanol–water partition coefficient (Wildman–Crippen LogP) is 1.56. The van der Waals surface area contributed by atoms with Gasteiger partial charge in [-0.1, -0.05) is 12.1 Å². The Bertz CT molecular complexity index is 749. The first-order valence-corrected chi connectivity index (χ1v) is 5.89. The van der Waals surface area contributed by atoms with Gasteiger partial charge in [0.25, 0.3) is 0 Å². The number of hydrogen-bond donors (Lipinski definition) is 1. The molecule has 1 N–H and O–H groups in total. The van der Waals surface area contributed by atoms with E-state index in [1.165, 1.54) is 6.33 Å². The summed E-state index contributed by atoms with van der Waals surface area (Å²) in [6.45, 7) is 0.586. The smallest absolute Gasteiger partial charge is 0.163 e. The van der Waals surface area contributed by atoms with Crippen molar-refractivity contribution in [2.75, 3.05) is 5.32 Å². The number of rotatable bonds is 4. The second kappa shape index (κ2) is 6.51. The molecule has 2 rings (SSSR count). The van der Waals surface area contributed by atoms with Gasteiger partial charge in [-0.2, -0.15) is 20.9 Å². The summed E-state index contributed by atoms with van der Waals surface area (Å²) in [5.41, 5.74) is 1.32. The first-order valence-electron chi connectivity index (χ1n) is 5.89. The highest BCUT2D eigenvalue weighted by atomic mass is 15.3. The minimum Gasteiger partial charge on any atom is -0.345 e. The highest BCUT2D eigenvalue weighted by molar-refractivity contribution is 5.58. The monoisotopic (exact) mass is 275 g/mol. The SMILES string of the molecule is N#CC(C#N)=C(C#N)Nc1ccc(Cn2cncn2)cc1. The van der Waals surface area contributed by atoms with E-state index in [-0.39, 0.29) is 11.3 Å². The molecule has 0 aliphatic heterocycles. The lowest BCUT2D eigenvalue weighted by atomic mass is 10.2. The van der Waals surface area contributed by atoms with E-state index in [0.717, 1.165) is 5.56 Å². The molecule has 0 bridgehead atoms. The minimum absolute atomic E-state index is 0.0657. The Balaban J connectivity index is 2.13. The number of nitrogens with zero attached hydrogens (tertiary/aromatic N) is 6. The van der Waals surface area contributed by atoms with E-state index in [2.05, 4.69) is 15.4 Å². The van der Waals surface area contributed by atoms with Crippen LogP contribution < -0.4 is 5.32 Å². The lowest BCUT2D eigenvalue weighted by Gasteiger charge is -2.06. The molecular formula is C14H9N7.